The highest BCUT2D eigenvalue weighted by atomic mass is 35.5. The third-order valence-electron chi connectivity index (χ3n) is 4.12. The molecule has 0 saturated carbocycles. The van der Waals surface area contributed by atoms with Gasteiger partial charge >= 0.3 is 0 Å². The minimum absolute atomic E-state index is 0.171. The van der Waals surface area contributed by atoms with Gasteiger partial charge in [0.05, 0.1) is 17.6 Å². The molecule has 2 unspecified atom stereocenters. The van der Waals surface area contributed by atoms with Crippen molar-refractivity contribution >= 4 is 39.0 Å². The summed E-state index contributed by atoms with van der Waals surface area (Å²) in [7, 11) is 0. The summed E-state index contributed by atoms with van der Waals surface area (Å²) in [5.41, 5.74) is 1.19. The maximum Gasteiger partial charge on any atom is 0.225 e. The molecule has 0 radical (unpaired) electrons. The van der Waals surface area contributed by atoms with E-state index >= 15 is 0 Å². The van der Waals surface area contributed by atoms with Crippen LogP contribution in [0.4, 0.5) is 5.82 Å². The summed E-state index contributed by atoms with van der Waals surface area (Å²) in [5, 5.41) is 1.36. The van der Waals surface area contributed by atoms with Crippen LogP contribution < -0.4 is 4.90 Å². The van der Waals surface area contributed by atoms with E-state index in [9.17, 15) is 0 Å². The van der Waals surface area contributed by atoms with E-state index in [0.29, 0.717) is 5.28 Å². The molecule has 0 bridgehead atoms. The highest BCUT2D eigenvalue weighted by Crippen LogP contribution is 2.37. The summed E-state index contributed by atoms with van der Waals surface area (Å²) in [6.45, 7) is 5.80. The predicted molar refractivity (Wildman–Crippen MR) is 100 cm³/mol. The number of thiophene rings is 1. The normalized spacial score (nSPS) is 21.4. The third kappa shape index (κ3) is 2.99. The van der Waals surface area contributed by atoms with Gasteiger partial charge in [0.25, 0.3) is 0 Å². The molecule has 0 aliphatic carbocycles. The van der Waals surface area contributed by atoms with Crippen LogP contribution in [0.5, 0.6) is 0 Å². The first-order valence-corrected chi connectivity index (χ1v) is 9.22. The molecule has 6 heteroatoms. The van der Waals surface area contributed by atoms with Gasteiger partial charge in [0.2, 0.25) is 5.28 Å². The maximum absolute atomic E-state index is 6.20. The van der Waals surface area contributed by atoms with Gasteiger partial charge in [-0.1, -0.05) is 30.3 Å². The number of rotatable bonds is 2. The zero-order valence-electron chi connectivity index (χ0n) is 13.6. The highest BCUT2D eigenvalue weighted by molar-refractivity contribution is 7.22. The number of halogens is 1. The Morgan fingerprint density at radius 2 is 1.83 bits per heavy atom. The molecule has 24 heavy (non-hydrogen) atoms. The van der Waals surface area contributed by atoms with E-state index in [-0.39, 0.29) is 12.2 Å². The van der Waals surface area contributed by atoms with E-state index in [4.69, 9.17) is 16.3 Å². The third-order valence-corrected chi connectivity index (χ3v) is 5.37. The van der Waals surface area contributed by atoms with Gasteiger partial charge in [-0.05, 0) is 37.1 Å². The summed E-state index contributed by atoms with van der Waals surface area (Å²) in [4.78, 5) is 13.3. The van der Waals surface area contributed by atoms with E-state index in [1.807, 2.05) is 18.2 Å². The SMILES string of the molecule is CC1CN(c2nc(Cl)nc3sc(-c4ccccc4)cc23)CC(C)O1. The van der Waals surface area contributed by atoms with Crippen molar-refractivity contribution in [3.63, 3.8) is 0 Å². The Morgan fingerprint density at radius 3 is 2.54 bits per heavy atom. The molecule has 1 fully saturated rings. The number of aromatic nitrogens is 2. The molecule has 124 valence electrons. The quantitative estimate of drug-likeness (QED) is 0.625. The zero-order chi connectivity index (χ0) is 16.7. The molecule has 1 aliphatic rings. The number of hydrogen-bond donors (Lipinski definition) is 0. The first-order valence-electron chi connectivity index (χ1n) is 8.03. The lowest BCUT2D eigenvalue weighted by atomic mass is 10.1. The lowest BCUT2D eigenvalue weighted by molar-refractivity contribution is -0.00537. The Balaban J connectivity index is 1.82. The van der Waals surface area contributed by atoms with Crippen LogP contribution in [-0.2, 0) is 4.74 Å². The molecule has 3 heterocycles. The van der Waals surface area contributed by atoms with Crippen LogP contribution in [0, 0.1) is 0 Å². The number of ether oxygens (including phenoxy) is 1. The lowest BCUT2D eigenvalue weighted by Gasteiger charge is -2.36. The molecule has 3 aromatic rings. The Morgan fingerprint density at radius 1 is 1.12 bits per heavy atom. The van der Waals surface area contributed by atoms with Crippen molar-refractivity contribution in [3.8, 4) is 10.4 Å². The number of hydrogen-bond acceptors (Lipinski definition) is 5. The fraction of sp³-hybridized carbons (Fsp3) is 0.333. The smallest absolute Gasteiger partial charge is 0.225 e. The number of anilines is 1. The summed E-state index contributed by atoms with van der Waals surface area (Å²) >= 11 is 7.85. The van der Waals surface area contributed by atoms with Gasteiger partial charge in [0.1, 0.15) is 10.6 Å². The van der Waals surface area contributed by atoms with E-state index in [1.54, 1.807) is 11.3 Å². The van der Waals surface area contributed by atoms with Crippen molar-refractivity contribution in [1.29, 1.82) is 0 Å². The van der Waals surface area contributed by atoms with Gasteiger partial charge in [-0.15, -0.1) is 11.3 Å². The van der Waals surface area contributed by atoms with Crippen LogP contribution in [-0.4, -0.2) is 35.3 Å². The molecular weight excluding hydrogens is 342 g/mol. The van der Waals surface area contributed by atoms with Crippen molar-refractivity contribution in [2.24, 2.45) is 0 Å². The Kier molecular flexibility index (Phi) is 4.16. The summed E-state index contributed by atoms with van der Waals surface area (Å²) in [5.74, 6) is 0.908. The first-order chi connectivity index (χ1) is 11.6. The highest BCUT2D eigenvalue weighted by Gasteiger charge is 2.26. The second kappa shape index (κ2) is 6.31. The van der Waals surface area contributed by atoms with Crippen LogP contribution in [0.25, 0.3) is 20.7 Å². The molecule has 4 rings (SSSR count). The molecule has 1 aliphatic heterocycles. The van der Waals surface area contributed by atoms with Crippen molar-refractivity contribution in [1.82, 2.24) is 9.97 Å². The molecule has 1 saturated heterocycles. The van der Waals surface area contributed by atoms with Crippen LogP contribution in [0.15, 0.2) is 36.4 Å². The molecule has 0 N–H and O–H groups in total. The Bertz CT molecular complexity index is 857. The van der Waals surface area contributed by atoms with Crippen molar-refractivity contribution in [3.05, 3.63) is 41.7 Å². The van der Waals surface area contributed by atoms with E-state index in [1.165, 1.54) is 10.4 Å². The van der Waals surface area contributed by atoms with E-state index in [0.717, 1.165) is 29.1 Å². The summed E-state index contributed by atoms with van der Waals surface area (Å²) in [6, 6.07) is 12.5. The summed E-state index contributed by atoms with van der Waals surface area (Å²) in [6.07, 6.45) is 0.342. The van der Waals surface area contributed by atoms with Crippen LogP contribution in [0.3, 0.4) is 0 Å². The average Bonchev–Trinajstić information content (AvgIpc) is 2.97. The number of benzene rings is 1. The summed E-state index contributed by atoms with van der Waals surface area (Å²) < 4.78 is 5.84. The first kappa shape index (κ1) is 15.8. The molecule has 2 aromatic heterocycles. The number of fused-ring (bicyclic) bond motifs is 1. The van der Waals surface area contributed by atoms with Gasteiger partial charge in [-0.3, -0.25) is 0 Å². The van der Waals surface area contributed by atoms with Gasteiger partial charge in [0.15, 0.2) is 0 Å². The zero-order valence-corrected chi connectivity index (χ0v) is 15.1. The monoisotopic (exact) mass is 359 g/mol. The topological polar surface area (TPSA) is 38.2 Å². The van der Waals surface area contributed by atoms with Crippen LogP contribution in [0.1, 0.15) is 13.8 Å². The van der Waals surface area contributed by atoms with Crippen molar-refractivity contribution in [2.75, 3.05) is 18.0 Å². The minimum Gasteiger partial charge on any atom is -0.372 e. The Labute approximate surface area is 150 Å². The predicted octanol–water partition coefficient (Wildman–Crippen LogP) is 4.63. The minimum atomic E-state index is 0.171. The van der Waals surface area contributed by atoms with Gasteiger partial charge in [0, 0.05) is 18.0 Å². The molecular formula is C18H18ClN3OS. The van der Waals surface area contributed by atoms with E-state index in [2.05, 4.69) is 46.9 Å². The number of nitrogens with zero attached hydrogens (tertiary/aromatic N) is 3. The van der Waals surface area contributed by atoms with Crippen LogP contribution >= 0.6 is 22.9 Å². The van der Waals surface area contributed by atoms with Gasteiger partial charge in [-0.25, -0.2) is 4.98 Å². The lowest BCUT2D eigenvalue weighted by Crippen LogP contribution is -2.45. The van der Waals surface area contributed by atoms with Gasteiger partial charge < -0.3 is 9.64 Å². The van der Waals surface area contributed by atoms with Crippen molar-refractivity contribution < 1.29 is 4.74 Å². The van der Waals surface area contributed by atoms with E-state index < -0.39 is 0 Å². The maximum atomic E-state index is 6.20. The number of morpholine rings is 1. The van der Waals surface area contributed by atoms with Crippen LogP contribution in [0.2, 0.25) is 5.28 Å². The fourth-order valence-corrected chi connectivity index (χ4v) is 4.46. The van der Waals surface area contributed by atoms with Gasteiger partial charge in [-0.2, -0.15) is 4.98 Å². The molecule has 1 aromatic carbocycles. The largest absolute Gasteiger partial charge is 0.372 e. The van der Waals surface area contributed by atoms with Crippen molar-refractivity contribution in [2.45, 2.75) is 26.1 Å². The fourth-order valence-electron chi connectivity index (χ4n) is 3.22. The Hall–Kier alpha value is -1.69. The molecule has 2 atom stereocenters. The second-order valence-corrected chi connectivity index (χ2v) is 7.54. The molecule has 0 amide bonds. The molecule has 4 nitrogen and oxygen atoms in total. The average molecular weight is 360 g/mol. The molecule has 0 spiro atoms. The standard InChI is InChI=1S/C18H18ClN3OS/c1-11-9-22(10-12(2)23-11)16-14-8-15(13-6-4-3-5-7-13)24-17(14)21-18(19)20-16/h3-8,11-12H,9-10H2,1-2H3. The second-order valence-electron chi connectivity index (χ2n) is 6.17.